The fourth-order valence-electron chi connectivity index (χ4n) is 0.720. The third-order valence-electron chi connectivity index (χ3n) is 1.30. The SMILES string of the molecule is C=CCNc1nc[nH]c(=O)c1N. The fraction of sp³-hybridized carbons (Fsp3) is 0.143. The molecule has 0 fully saturated rings. The van der Waals surface area contributed by atoms with Crippen molar-refractivity contribution < 1.29 is 0 Å². The average Bonchev–Trinajstić information content (AvgIpc) is 2.08. The maximum absolute atomic E-state index is 10.9. The molecule has 0 amide bonds. The highest BCUT2D eigenvalue weighted by atomic mass is 16.1. The van der Waals surface area contributed by atoms with Crippen LogP contribution in [0.15, 0.2) is 23.8 Å². The van der Waals surface area contributed by atoms with E-state index in [0.29, 0.717) is 12.4 Å². The second kappa shape index (κ2) is 3.56. The van der Waals surface area contributed by atoms with Crippen molar-refractivity contribution in [3.8, 4) is 0 Å². The van der Waals surface area contributed by atoms with Crippen molar-refractivity contribution in [2.24, 2.45) is 0 Å². The summed E-state index contributed by atoms with van der Waals surface area (Å²) in [7, 11) is 0. The maximum atomic E-state index is 10.9. The van der Waals surface area contributed by atoms with Gasteiger partial charge in [-0.05, 0) is 0 Å². The molecule has 64 valence electrons. The van der Waals surface area contributed by atoms with Gasteiger partial charge in [0.05, 0.1) is 6.33 Å². The zero-order chi connectivity index (χ0) is 8.97. The van der Waals surface area contributed by atoms with E-state index in [0.717, 1.165) is 0 Å². The molecule has 5 nitrogen and oxygen atoms in total. The first-order valence-electron chi connectivity index (χ1n) is 3.43. The van der Waals surface area contributed by atoms with Gasteiger partial charge < -0.3 is 16.0 Å². The second-order valence-electron chi connectivity index (χ2n) is 2.16. The quantitative estimate of drug-likeness (QED) is 0.550. The van der Waals surface area contributed by atoms with Crippen LogP contribution in [0.5, 0.6) is 0 Å². The van der Waals surface area contributed by atoms with Crippen LogP contribution >= 0.6 is 0 Å². The zero-order valence-electron chi connectivity index (χ0n) is 6.50. The summed E-state index contributed by atoms with van der Waals surface area (Å²) in [6.45, 7) is 4.04. The van der Waals surface area contributed by atoms with Gasteiger partial charge in [0, 0.05) is 6.54 Å². The number of aromatic nitrogens is 2. The predicted molar refractivity (Wildman–Crippen MR) is 48.0 cm³/mol. The lowest BCUT2D eigenvalue weighted by atomic mass is 10.4. The van der Waals surface area contributed by atoms with Gasteiger partial charge in [-0.25, -0.2) is 4.98 Å². The molecule has 0 unspecified atom stereocenters. The summed E-state index contributed by atoms with van der Waals surface area (Å²) < 4.78 is 0. The van der Waals surface area contributed by atoms with E-state index in [4.69, 9.17) is 5.73 Å². The molecule has 5 heteroatoms. The Morgan fingerprint density at radius 2 is 2.58 bits per heavy atom. The number of nitrogen functional groups attached to an aromatic ring is 1. The monoisotopic (exact) mass is 166 g/mol. The first-order chi connectivity index (χ1) is 5.75. The molecule has 12 heavy (non-hydrogen) atoms. The van der Waals surface area contributed by atoms with E-state index in [-0.39, 0.29) is 11.2 Å². The Balaban J connectivity index is 2.92. The van der Waals surface area contributed by atoms with Gasteiger partial charge >= 0.3 is 0 Å². The lowest BCUT2D eigenvalue weighted by molar-refractivity contribution is 1.11. The van der Waals surface area contributed by atoms with Crippen LogP contribution in [0.2, 0.25) is 0 Å². The Kier molecular flexibility index (Phi) is 2.47. The number of rotatable bonds is 3. The van der Waals surface area contributed by atoms with Crippen molar-refractivity contribution in [3.05, 3.63) is 29.3 Å². The van der Waals surface area contributed by atoms with E-state index < -0.39 is 0 Å². The van der Waals surface area contributed by atoms with Crippen molar-refractivity contribution in [1.82, 2.24) is 9.97 Å². The molecular weight excluding hydrogens is 156 g/mol. The van der Waals surface area contributed by atoms with Crippen molar-refractivity contribution in [2.45, 2.75) is 0 Å². The molecule has 0 bridgehead atoms. The number of nitrogens with two attached hydrogens (primary N) is 1. The third-order valence-corrected chi connectivity index (χ3v) is 1.30. The van der Waals surface area contributed by atoms with Crippen LogP contribution in [-0.2, 0) is 0 Å². The van der Waals surface area contributed by atoms with Gasteiger partial charge in [-0.1, -0.05) is 6.08 Å². The van der Waals surface area contributed by atoms with Crippen molar-refractivity contribution in [3.63, 3.8) is 0 Å². The van der Waals surface area contributed by atoms with Crippen LogP contribution in [0.4, 0.5) is 11.5 Å². The summed E-state index contributed by atoms with van der Waals surface area (Å²) in [5.41, 5.74) is 5.18. The highest BCUT2D eigenvalue weighted by Crippen LogP contribution is 2.05. The molecule has 0 spiro atoms. The zero-order valence-corrected chi connectivity index (χ0v) is 6.50. The van der Waals surface area contributed by atoms with E-state index in [2.05, 4.69) is 21.9 Å². The Bertz CT molecular complexity index is 330. The van der Waals surface area contributed by atoms with Crippen molar-refractivity contribution in [1.29, 1.82) is 0 Å². The number of hydrogen-bond acceptors (Lipinski definition) is 4. The number of anilines is 2. The van der Waals surface area contributed by atoms with Gasteiger partial charge in [0.2, 0.25) is 0 Å². The standard InChI is InChI=1S/C7H10N4O/c1-2-3-9-6-5(8)7(12)11-4-10-6/h2,4H,1,3,8H2,(H2,9,10,11,12). The van der Waals surface area contributed by atoms with E-state index in [1.807, 2.05) is 0 Å². The summed E-state index contributed by atoms with van der Waals surface area (Å²) in [5.74, 6) is 0.388. The van der Waals surface area contributed by atoms with Gasteiger partial charge in [-0.15, -0.1) is 6.58 Å². The Labute approximate surface area is 69.3 Å². The number of nitrogens with zero attached hydrogens (tertiary/aromatic N) is 1. The first kappa shape index (κ1) is 8.32. The van der Waals surface area contributed by atoms with Crippen LogP contribution in [0.1, 0.15) is 0 Å². The highest BCUT2D eigenvalue weighted by molar-refractivity contribution is 5.58. The topological polar surface area (TPSA) is 83.8 Å². The molecule has 0 radical (unpaired) electrons. The molecule has 0 atom stereocenters. The molecule has 1 aromatic rings. The lowest BCUT2D eigenvalue weighted by Gasteiger charge is -2.02. The summed E-state index contributed by atoms with van der Waals surface area (Å²) in [5, 5.41) is 2.83. The van der Waals surface area contributed by atoms with Gasteiger partial charge in [-0.3, -0.25) is 4.79 Å². The van der Waals surface area contributed by atoms with Gasteiger partial charge in [-0.2, -0.15) is 0 Å². The van der Waals surface area contributed by atoms with Gasteiger partial charge in [0.1, 0.15) is 5.69 Å². The molecule has 1 heterocycles. The minimum Gasteiger partial charge on any atom is -0.391 e. The second-order valence-corrected chi connectivity index (χ2v) is 2.16. The molecule has 4 N–H and O–H groups in total. The molecule has 1 rings (SSSR count). The van der Waals surface area contributed by atoms with E-state index in [9.17, 15) is 4.79 Å². The highest BCUT2D eigenvalue weighted by Gasteiger charge is 2.00. The van der Waals surface area contributed by atoms with Crippen LogP contribution in [0.25, 0.3) is 0 Å². The smallest absolute Gasteiger partial charge is 0.276 e. The van der Waals surface area contributed by atoms with Crippen LogP contribution in [0.3, 0.4) is 0 Å². The maximum Gasteiger partial charge on any atom is 0.276 e. The molecule has 0 aromatic carbocycles. The van der Waals surface area contributed by atoms with Crippen molar-refractivity contribution >= 4 is 11.5 Å². The van der Waals surface area contributed by atoms with Crippen LogP contribution in [-0.4, -0.2) is 16.5 Å². The summed E-state index contributed by atoms with van der Waals surface area (Å²) >= 11 is 0. The number of H-pyrrole nitrogens is 1. The molecular formula is C7H10N4O. The molecule has 0 aliphatic rings. The summed E-state index contributed by atoms with van der Waals surface area (Å²) in [4.78, 5) is 17.1. The number of aromatic amines is 1. The predicted octanol–water partition coefficient (Wildman–Crippen LogP) is -0.0500. The van der Waals surface area contributed by atoms with E-state index in [1.54, 1.807) is 6.08 Å². The Hall–Kier alpha value is -1.78. The minimum atomic E-state index is -0.337. The number of hydrogen-bond donors (Lipinski definition) is 3. The molecule has 0 aliphatic heterocycles. The fourth-order valence-corrected chi connectivity index (χ4v) is 0.720. The number of nitrogens with one attached hydrogen (secondary N) is 2. The van der Waals surface area contributed by atoms with Gasteiger partial charge in [0.25, 0.3) is 5.56 Å². The van der Waals surface area contributed by atoms with Gasteiger partial charge in [0.15, 0.2) is 5.82 Å². The van der Waals surface area contributed by atoms with E-state index in [1.165, 1.54) is 6.33 Å². The summed E-state index contributed by atoms with van der Waals surface area (Å²) in [6, 6.07) is 0. The molecule has 1 aromatic heterocycles. The minimum absolute atomic E-state index is 0.0966. The van der Waals surface area contributed by atoms with Crippen LogP contribution < -0.4 is 16.6 Å². The largest absolute Gasteiger partial charge is 0.391 e. The molecule has 0 saturated carbocycles. The van der Waals surface area contributed by atoms with Crippen molar-refractivity contribution in [2.75, 3.05) is 17.6 Å². The summed E-state index contributed by atoms with van der Waals surface area (Å²) in [6.07, 6.45) is 2.95. The Morgan fingerprint density at radius 1 is 1.83 bits per heavy atom. The first-order valence-corrected chi connectivity index (χ1v) is 3.43. The normalized spacial score (nSPS) is 9.33. The lowest BCUT2D eigenvalue weighted by Crippen LogP contribution is -2.16. The molecule has 0 aliphatic carbocycles. The Morgan fingerprint density at radius 3 is 3.25 bits per heavy atom. The third kappa shape index (κ3) is 1.63. The van der Waals surface area contributed by atoms with Crippen LogP contribution in [0, 0.1) is 0 Å². The van der Waals surface area contributed by atoms with E-state index >= 15 is 0 Å². The average molecular weight is 166 g/mol. The molecule has 0 saturated heterocycles.